The molecular formula is C14H24ClNO. The highest BCUT2D eigenvalue weighted by Crippen LogP contribution is 2.46. The summed E-state index contributed by atoms with van der Waals surface area (Å²) < 4.78 is 0. The van der Waals surface area contributed by atoms with Gasteiger partial charge in [0.25, 0.3) is 0 Å². The largest absolute Gasteiger partial charge is 0.349 e. The standard InChI is InChI=1S/C14H24ClNO/c1-3-11-7-12-5-4-6-14(8-11,9-12)16-13(17)10(2)15/h10-12H,3-9H2,1-2H3,(H,16,17)/t10-,11-,12+,14-/m1/s1. The van der Waals surface area contributed by atoms with Crippen LogP contribution in [-0.2, 0) is 4.79 Å². The second kappa shape index (κ2) is 5.17. The Balaban J connectivity index is 2.07. The van der Waals surface area contributed by atoms with E-state index in [1.807, 2.05) is 0 Å². The number of hydrogen-bond acceptors (Lipinski definition) is 1. The van der Waals surface area contributed by atoms with E-state index in [4.69, 9.17) is 11.6 Å². The summed E-state index contributed by atoms with van der Waals surface area (Å²) in [4.78, 5) is 11.9. The highest BCUT2D eigenvalue weighted by atomic mass is 35.5. The van der Waals surface area contributed by atoms with Gasteiger partial charge in [-0.15, -0.1) is 11.6 Å². The first-order chi connectivity index (χ1) is 8.04. The quantitative estimate of drug-likeness (QED) is 0.771. The molecule has 98 valence electrons. The monoisotopic (exact) mass is 257 g/mol. The van der Waals surface area contributed by atoms with Gasteiger partial charge in [-0.25, -0.2) is 0 Å². The molecule has 0 unspecified atom stereocenters. The van der Waals surface area contributed by atoms with E-state index in [2.05, 4.69) is 12.2 Å². The van der Waals surface area contributed by atoms with Crippen molar-refractivity contribution in [1.82, 2.24) is 5.32 Å². The number of carbonyl (C=O) groups excluding carboxylic acids is 1. The van der Waals surface area contributed by atoms with E-state index in [9.17, 15) is 4.79 Å². The van der Waals surface area contributed by atoms with Crippen molar-refractivity contribution in [2.24, 2.45) is 11.8 Å². The molecule has 0 heterocycles. The van der Waals surface area contributed by atoms with E-state index in [1.165, 1.54) is 32.1 Å². The maximum Gasteiger partial charge on any atom is 0.238 e. The normalized spacial score (nSPS) is 38.5. The predicted molar refractivity (Wildman–Crippen MR) is 71.2 cm³/mol. The van der Waals surface area contributed by atoms with Crippen LogP contribution >= 0.6 is 11.6 Å². The number of halogens is 1. The molecule has 2 aliphatic rings. The van der Waals surface area contributed by atoms with Crippen LogP contribution in [0.25, 0.3) is 0 Å². The van der Waals surface area contributed by atoms with Gasteiger partial charge in [0.15, 0.2) is 0 Å². The summed E-state index contributed by atoms with van der Waals surface area (Å²) in [6.45, 7) is 4.03. The zero-order valence-corrected chi connectivity index (χ0v) is 11.7. The SMILES string of the molecule is CC[C@@H]1C[C@@H]2CCC[C@@](NC(=O)[C@@H](C)Cl)(C1)C2. The average Bonchev–Trinajstić information content (AvgIpc) is 2.27. The van der Waals surface area contributed by atoms with E-state index >= 15 is 0 Å². The topological polar surface area (TPSA) is 29.1 Å². The molecule has 2 aliphatic carbocycles. The van der Waals surface area contributed by atoms with Gasteiger partial charge in [0.05, 0.1) is 0 Å². The molecule has 0 aromatic rings. The number of nitrogens with one attached hydrogen (secondary N) is 1. The second-order valence-corrected chi connectivity index (χ2v) is 6.72. The zero-order chi connectivity index (χ0) is 12.5. The third-order valence-corrected chi connectivity index (χ3v) is 4.82. The summed E-state index contributed by atoms with van der Waals surface area (Å²) in [5.41, 5.74) is 0.0715. The molecule has 1 N–H and O–H groups in total. The van der Waals surface area contributed by atoms with Crippen LogP contribution in [0.1, 0.15) is 58.8 Å². The Labute approximate surface area is 109 Å². The number of carbonyl (C=O) groups is 1. The smallest absolute Gasteiger partial charge is 0.238 e. The van der Waals surface area contributed by atoms with Gasteiger partial charge >= 0.3 is 0 Å². The van der Waals surface area contributed by atoms with E-state index < -0.39 is 5.38 Å². The molecule has 0 spiro atoms. The first-order valence-electron chi connectivity index (χ1n) is 7.01. The highest BCUT2D eigenvalue weighted by molar-refractivity contribution is 6.30. The van der Waals surface area contributed by atoms with Gasteiger partial charge in [-0.3, -0.25) is 4.79 Å². The van der Waals surface area contributed by atoms with Gasteiger partial charge in [0, 0.05) is 5.54 Å². The Kier molecular flexibility index (Phi) is 4.02. The predicted octanol–water partition coefficient (Wildman–Crippen LogP) is 3.48. The van der Waals surface area contributed by atoms with Crippen LogP contribution in [-0.4, -0.2) is 16.8 Å². The van der Waals surface area contributed by atoms with E-state index in [0.29, 0.717) is 0 Å². The third kappa shape index (κ3) is 2.96. The van der Waals surface area contributed by atoms with E-state index in [-0.39, 0.29) is 11.4 Å². The lowest BCUT2D eigenvalue weighted by Crippen LogP contribution is -2.56. The number of amides is 1. The van der Waals surface area contributed by atoms with E-state index in [0.717, 1.165) is 24.7 Å². The lowest BCUT2D eigenvalue weighted by molar-refractivity contribution is -0.124. The Morgan fingerprint density at radius 3 is 2.94 bits per heavy atom. The van der Waals surface area contributed by atoms with Crippen molar-refractivity contribution in [1.29, 1.82) is 0 Å². The Bertz CT molecular complexity index is 292. The van der Waals surface area contributed by atoms with Crippen molar-refractivity contribution < 1.29 is 4.79 Å². The summed E-state index contributed by atoms with van der Waals surface area (Å²) in [6, 6.07) is 0. The number of fused-ring (bicyclic) bond motifs is 2. The van der Waals surface area contributed by atoms with Crippen LogP contribution in [0.2, 0.25) is 0 Å². The fraction of sp³-hybridized carbons (Fsp3) is 0.929. The van der Waals surface area contributed by atoms with Crippen LogP contribution in [0, 0.1) is 11.8 Å². The van der Waals surface area contributed by atoms with E-state index in [1.54, 1.807) is 6.92 Å². The Morgan fingerprint density at radius 2 is 2.29 bits per heavy atom. The van der Waals surface area contributed by atoms with Crippen LogP contribution in [0.5, 0.6) is 0 Å². The minimum absolute atomic E-state index is 0.0177. The molecule has 0 aliphatic heterocycles. The fourth-order valence-electron chi connectivity index (χ4n) is 3.82. The van der Waals surface area contributed by atoms with Gasteiger partial charge in [-0.05, 0) is 44.4 Å². The lowest BCUT2D eigenvalue weighted by Gasteiger charge is -2.49. The number of alkyl halides is 1. The van der Waals surface area contributed by atoms with Crippen molar-refractivity contribution in [3.63, 3.8) is 0 Å². The molecule has 4 atom stereocenters. The fourth-order valence-corrected chi connectivity index (χ4v) is 3.87. The van der Waals surface area contributed by atoms with Crippen molar-refractivity contribution in [3.8, 4) is 0 Å². The minimum Gasteiger partial charge on any atom is -0.349 e. The average molecular weight is 258 g/mol. The molecule has 0 saturated heterocycles. The van der Waals surface area contributed by atoms with Crippen LogP contribution in [0.15, 0.2) is 0 Å². The molecule has 2 saturated carbocycles. The van der Waals surface area contributed by atoms with Gasteiger partial charge in [-0.1, -0.05) is 26.2 Å². The van der Waals surface area contributed by atoms with Gasteiger partial charge in [0.1, 0.15) is 5.38 Å². The van der Waals surface area contributed by atoms with Crippen molar-refractivity contribution in [2.45, 2.75) is 69.7 Å². The molecule has 0 aromatic heterocycles. The molecule has 3 heteroatoms. The second-order valence-electron chi connectivity index (χ2n) is 6.06. The van der Waals surface area contributed by atoms with Gasteiger partial charge in [0.2, 0.25) is 5.91 Å². The number of hydrogen-bond donors (Lipinski definition) is 1. The van der Waals surface area contributed by atoms with Crippen molar-refractivity contribution in [2.75, 3.05) is 0 Å². The minimum atomic E-state index is -0.410. The molecule has 2 fully saturated rings. The summed E-state index contributed by atoms with van der Waals surface area (Å²) in [7, 11) is 0. The van der Waals surface area contributed by atoms with Crippen LogP contribution in [0.4, 0.5) is 0 Å². The number of rotatable bonds is 3. The Hall–Kier alpha value is -0.240. The Morgan fingerprint density at radius 1 is 1.53 bits per heavy atom. The zero-order valence-electron chi connectivity index (χ0n) is 11.0. The molecule has 2 nitrogen and oxygen atoms in total. The summed E-state index contributed by atoms with van der Waals surface area (Å²) >= 11 is 5.88. The first kappa shape index (κ1) is 13.2. The van der Waals surface area contributed by atoms with Gasteiger partial charge < -0.3 is 5.32 Å². The highest BCUT2D eigenvalue weighted by Gasteiger charge is 2.43. The molecule has 2 rings (SSSR count). The molecule has 0 radical (unpaired) electrons. The molecule has 17 heavy (non-hydrogen) atoms. The lowest BCUT2D eigenvalue weighted by atomic mass is 9.63. The van der Waals surface area contributed by atoms with Crippen molar-refractivity contribution in [3.05, 3.63) is 0 Å². The summed E-state index contributed by atoms with van der Waals surface area (Å²) in [6.07, 6.45) is 8.71. The molecule has 1 amide bonds. The maximum absolute atomic E-state index is 11.9. The molecular weight excluding hydrogens is 234 g/mol. The molecule has 0 aromatic carbocycles. The summed E-state index contributed by atoms with van der Waals surface area (Å²) in [5, 5.41) is 2.85. The van der Waals surface area contributed by atoms with Crippen molar-refractivity contribution >= 4 is 17.5 Å². The maximum atomic E-state index is 11.9. The third-order valence-electron chi connectivity index (χ3n) is 4.62. The first-order valence-corrected chi connectivity index (χ1v) is 7.44. The molecule has 2 bridgehead atoms. The van der Waals surface area contributed by atoms with Crippen LogP contribution in [0.3, 0.4) is 0 Å². The summed E-state index contributed by atoms with van der Waals surface area (Å²) in [5.74, 6) is 1.64. The van der Waals surface area contributed by atoms with Crippen LogP contribution < -0.4 is 5.32 Å². The van der Waals surface area contributed by atoms with Gasteiger partial charge in [-0.2, -0.15) is 0 Å².